The molecule has 0 amide bonds. The third kappa shape index (κ3) is 3.98. The molecular formula is C28H28N8. The number of imidazole rings is 2. The zero-order valence-electron chi connectivity index (χ0n) is 20.0. The van der Waals surface area contributed by atoms with Crippen LogP contribution in [-0.2, 0) is 0 Å². The van der Waals surface area contributed by atoms with Crippen molar-refractivity contribution in [2.45, 2.75) is 37.8 Å². The number of nitrogens with zero attached hydrogens (tertiary/aromatic N) is 4. The molecule has 5 aromatic rings. The van der Waals surface area contributed by atoms with E-state index >= 15 is 0 Å². The summed E-state index contributed by atoms with van der Waals surface area (Å²) in [6, 6.07) is 15.5. The second kappa shape index (κ2) is 8.96. The first kappa shape index (κ1) is 21.4. The first-order valence-corrected chi connectivity index (χ1v) is 12.7. The standard InChI is InChI=1S/C28H28N8/c1-3-22(29-11-1)27-33-16-25(36-27)20-14-31-26(32-15-20)18-7-5-17(6-8-18)19-9-10-21-24(13-19)35-28(34-21)23-4-2-12-30-23/h5-10,13-16,22-23,29-30H,1-4,11-12H2,(H,33,36)(H,34,35). The Hall–Kier alpha value is -3.88. The van der Waals surface area contributed by atoms with Crippen LogP contribution in [0.3, 0.4) is 0 Å². The van der Waals surface area contributed by atoms with Crippen LogP contribution in [0, 0.1) is 0 Å². The highest BCUT2D eigenvalue weighted by Gasteiger charge is 2.20. The Balaban J connectivity index is 1.09. The molecule has 0 radical (unpaired) electrons. The SMILES string of the molecule is c1cc(-c2ncc(-c3cnc(C4CCCN4)[nH]3)cn2)ccc1-c1ccc2nc(C3CCCN3)[nH]c2c1. The molecule has 7 rings (SSSR count). The summed E-state index contributed by atoms with van der Waals surface area (Å²) in [5, 5.41) is 6.99. The number of aromatic nitrogens is 6. The van der Waals surface area contributed by atoms with Gasteiger partial charge >= 0.3 is 0 Å². The predicted octanol–water partition coefficient (Wildman–Crippen LogP) is 4.93. The maximum atomic E-state index is 4.79. The molecule has 5 heterocycles. The minimum Gasteiger partial charge on any atom is -0.341 e. The van der Waals surface area contributed by atoms with Crippen LogP contribution in [0.4, 0.5) is 0 Å². The maximum Gasteiger partial charge on any atom is 0.159 e. The normalized spacial score (nSPS) is 19.9. The Labute approximate surface area is 209 Å². The van der Waals surface area contributed by atoms with Gasteiger partial charge in [0.25, 0.3) is 0 Å². The fourth-order valence-electron chi connectivity index (χ4n) is 5.30. The van der Waals surface area contributed by atoms with Gasteiger partial charge in [-0.15, -0.1) is 0 Å². The quantitative estimate of drug-likeness (QED) is 0.287. The smallest absolute Gasteiger partial charge is 0.159 e. The molecule has 3 aromatic heterocycles. The van der Waals surface area contributed by atoms with Crippen LogP contribution in [0.25, 0.3) is 44.8 Å². The molecule has 8 heteroatoms. The fraction of sp³-hybridized carbons (Fsp3) is 0.286. The topological polar surface area (TPSA) is 107 Å². The van der Waals surface area contributed by atoms with Gasteiger partial charge in [0.15, 0.2) is 5.82 Å². The van der Waals surface area contributed by atoms with Crippen LogP contribution in [-0.4, -0.2) is 43.0 Å². The molecule has 2 atom stereocenters. The van der Waals surface area contributed by atoms with Gasteiger partial charge in [0.05, 0.1) is 35.0 Å². The third-order valence-electron chi connectivity index (χ3n) is 7.32. The van der Waals surface area contributed by atoms with Gasteiger partial charge in [0.1, 0.15) is 11.6 Å². The molecule has 2 fully saturated rings. The monoisotopic (exact) mass is 476 g/mol. The summed E-state index contributed by atoms with van der Waals surface area (Å²) in [6.45, 7) is 2.11. The van der Waals surface area contributed by atoms with E-state index in [1.54, 1.807) is 0 Å². The van der Waals surface area contributed by atoms with E-state index in [1.807, 2.05) is 18.6 Å². The Morgan fingerprint density at radius 2 is 1.33 bits per heavy atom. The van der Waals surface area contributed by atoms with Crippen molar-refractivity contribution in [3.05, 3.63) is 72.7 Å². The Kier molecular flexibility index (Phi) is 5.33. The highest BCUT2D eigenvalue weighted by molar-refractivity contribution is 5.82. The Morgan fingerprint density at radius 1 is 0.639 bits per heavy atom. The Morgan fingerprint density at radius 3 is 2.06 bits per heavy atom. The lowest BCUT2D eigenvalue weighted by molar-refractivity contribution is 0.613. The number of hydrogen-bond acceptors (Lipinski definition) is 6. The molecule has 2 aromatic carbocycles. The number of benzene rings is 2. The summed E-state index contributed by atoms with van der Waals surface area (Å²) < 4.78 is 0. The van der Waals surface area contributed by atoms with Crippen LogP contribution in [0.15, 0.2) is 61.1 Å². The molecule has 2 saturated heterocycles. The van der Waals surface area contributed by atoms with Crippen LogP contribution in [0.1, 0.15) is 49.4 Å². The number of aromatic amines is 2. The summed E-state index contributed by atoms with van der Waals surface area (Å²) in [7, 11) is 0. The molecule has 0 aliphatic carbocycles. The number of hydrogen-bond donors (Lipinski definition) is 4. The number of H-pyrrole nitrogens is 2. The zero-order chi connectivity index (χ0) is 23.9. The summed E-state index contributed by atoms with van der Waals surface area (Å²) in [5.41, 5.74) is 7.27. The van der Waals surface area contributed by atoms with Gasteiger partial charge in [0.2, 0.25) is 0 Å². The van der Waals surface area contributed by atoms with Gasteiger partial charge in [-0.2, -0.15) is 0 Å². The molecule has 180 valence electrons. The summed E-state index contributed by atoms with van der Waals surface area (Å²) in [6.07, 6.45) is 10.2. The van der Waals surface area contributed by atoms with Crippen molar-refractivity contribution in [1.29, 1.82) is 0 Å². The largest absolute Gasteiger partial charge is 0.341 e. The van der Waals surface area contributed by atoms with Gasteiger partial charge in [-0.25, -0.2) is 19.9 Å². The molecule has 2 unspecified atom stereocenters. The van der Waals surface area contributed by atoms with Crippen LogP contribution in [0.5, 0.6) is 0 Å². The van der Waals surface area contributed by atoms with E-state index in [9.17, 15) is 0 Å². The van der Waals surface area contributed by atoms with E-state index < -0.39 is 0 Å². The van der Waals surface area contributed by atoms with Crippen molar-refractivity contribution in [3.8, 4) is 33.8 Å². The average molecular weight is 477 g/mol. The van der Waals surface area contributed by atoms with Crippen molar-refractivity contribution >= 4 is 11.0 Å². The number of rotatable bonds is 5. The van der Waals surface area contributed by atoms with Gasteiger partial charge in [-0.05, 0) is 62.0 Å². The van der Waals surface area contributed by atoms with Gasteiger partial charge in [-0.1, -0.05) is 30.3 Å². The molecule has 4 N–H and O–H groups in total. The molecule has 2 aliphatic rings. The minimum atomic E-state index is 0.317. The first-order chi connectivity index (χ1) is 17.8. The summed E-state index contributed by atoms with van der Waals surface area (Å²) in [5.74, 6) is 2.74. The molecule has 36 heavy (non-hydrogen) atoms. The van der Waals surface area contributed by atoms with Crippen LogP contribution >= 0.6 is 0 Å². The second-order valence-electron chi connectivity index (χ2n) is 9.71. The molecular weight excluding hydrogens is 448 g/mol. The van der Waals surface area contributed by atoms with E-state index in [2.05, 4.69) is 78.0 Å². The maximum absolute atomic E-state index is 4.79. The highest BCUT2D eigenvalue weighted by atomic mass is 15.0. The lowest BCUT2D eigenvalue weighted by Crippen LogP contribution is -2.14. The van der Waals surface area contributed by atoms with Crippen LogP contribution < -0.4 is 10.6 Å². The molecule has 2 aliphatic heterocycles. The average Bonchev–Trinajstić information content (AvgIpc) is 3.75. The van der Waals surface area contributed by atoms with Crippen molar-refractivity contribution in [2.75, 3.05) is 13.1 Å². The third-order valence-corrected chi connectivity index (χ3v) is 7.32. The molecule has 8 nitrogen and oxygen atoms in total. The van der Waals surface area contributed by atoms with E-state index in [0.29, 0.717) is 17.9 Å². The summed E-state index contributed by atoms with van der Waals surface area (Å²) in [4.78, 5) is 25.5. The van der Waals surface area contributed by atoms with Crippen molar-refractivity contribution < 1.29 is 0 Å². The van der Waals surface area contributed by atoms with E-state index in [-0.39, 0.29) is 0 Å². The number of fused-ring (bicyclic) bond motifs is 1. The zero-order valence-corrected chi connectivity index (χ0v) is 20.0. The van der Waals surface area contributed by atoms with Crippen molar-refractivity contribution in [3.63, 3.8) is 0 Å². The first-order valence-electron chi connectivity index (χ1n) is 12.7. The molecule has 0 saturated carbocycles. The van der Waals surface area contributed by atoms with Crippen molar-refractivity contribution in [1.82, 2.24) is 40.5 Å². The van der Waals surface area contributed by atoms with E-state index in [4.69, 9.17) is 4.98 Å². The fourth-order valence-corrected chi connectivity index (χ4v) is 5.30. The summed E-state index contributed by atoms with van der Waals surface area (Å²) >= 11 is 0. The highest BCUT2D eigenvalue weighted by Crippen LogP contribution is 2.29. The van der Waals surface area contributed by atoms with Gasteiger partial charge in [0, 0.05) is 23.5 Å². The second-order valence-corrected chi connectivity index (χ2v) is 9.71. The number of nitrogens with one attached hydrogen (secondary N) is 4. The van der Waals surface area contributed by atoms with E-state index in [0.717, 1.165) is 76.6 Å². The molecule has 0 spiro atoms. The lowest BCUT2D eigenvalue weighted by atomic mass is 10.0. The predicted molar refractivity (Wildman–Crippen MR) is 140 cm³/mol. The van der Waals surface area contributed by atoms with Crippen LogP contribution in [0.2, 0.25) is 0 Å². The van der Waals surface area contributed by atoms with Gasteiger partial charge in [-0.3, -0.25) is 0 Å². The minimum absolute atomic E-state index is 0.317. The lowest BCUT2D eigenvalue weighted by Gasteiger charge is -2.06. The molecule has 0 bridgehead atoms. The van der Waals surface area contributed by atoms with Crippen molar-refractivity contribution in [2.24, 2.45) is 0 Å². The Bertz CT molecular complexity index is 1490. The van der Waals surface area contributed by atoms with E-state index in [1.165, 1.54) is 12.8 Å². The van der Waals surface area contributed by atoms with Gasteiger partial charge < -0.3 is 20.6 Å².